The molecule has 0 radical (unpaired) electrons. The number of ether oxygens (including phenoxy) is 2. The molecule has 2 aromatic carbocycles. The van der Waals surface area contributed by atoms with Crippen molar-refractivity contribution in [2.45, 2.75) is 32.4 Å². The molecule has 0 bridgehead atoms. The van der Waals surface area contributed by atoms with Crippen LogP contribution in [0.25, 0.3) is 0 Å². The predicted octanol–water partition coefficient (Wildman–Crippen LogP) is 3.57. The summed E-state index contributed by atoms with van der Waals surface area (Å²) >= 11 is 1.72. The van der Waals surface area contributed by atoms with Gasteiger partial charge in [-0.2, -0.15) is 0 Å². The van der Waals surface area contributed by atoms with Gasteiger partial charge in [0.1, 0.15) is 6.04 Å². The molecular weight excluding hydrogens is 396 g/mol. The number of hydrogen-bond donors (Lipinski definition) is 2. The summed E-state index contributed by atoms with van der Waals surface area (Å²) in [4.78, 5) is 13.8. The first kappa shape index (κ1) is 20.4. The Labute approximate surface area is 181 Å². The highest BCUT2D eigenvalue weighted by molar-refractivity contribution is 7.10. The molecule has 3 aromatic rings. The summed E-state index contributed by atoms with van der Waals surface area (Å²) in [7, 11) is 0. The highest BCUT2D eigenvalue weighted by Crippen LogP contribution is 2.32. The lowest BCUT2D eigenvalue weighted by Gasteiger charge is -2.16. The molecule has 2 heterocycles. The minimum atomic E-state index is 0.00743. The number of hydrogen-bond acceptors (Lipinski definition) is 4. The Morgan fingerprint density at radius 2 is 1.83 bits per heavy atom. The lowest BCUT2D eigenvalue weighted by atomic mass is 9.98. The molecule has 5 nitrogen and oxygen atoms in total. The molecule has 0 aliphatic carbocycles. The normalized spacial score (nSPS) is 13.4. The molecule has 0 saturated carbocycles. The van der Waals surface area contributed by atoms with E-state index in [9.17, 15) is 4.79 Å². The first-order chi connectivity index (χ1) is 14.6. The van der Waals surface area contributed by atoms with E-state index in [1.54, 1.807) is 11.3 Å². The van der Waals surface area contributed by atoms with Crippen LogP contribution in [-0.4, -0.2) is 19.2 Å². The highest BCUT2D eigenvalue weighted by atomic mass is 32.1. The van der Waals surface area contributed by atoms with Crippen molar-refractivity contribution >= 4 is 17.2 Å². The number of benzene rings is 2. The minimum Gasteiger partial charge on any atom is -0.454 e. The van der Waals surface area contributed by atoms with Gasteiger partial charge in [0.15, 0.2) is 18.0 Å². The van der Waals surface area contributed by atoms with E-state index in [4.69, 9.17) is 9.47 Å². The molecule has 0 fully saturated rings. The van der Waals surface area contributed by atoms with Crippen LogP contribution in [0.3, 0.4) is 0 Å². The molecule has 1 amide bonds. The Bertz CT molecular complexity index is 984. The van der Waals surface area contributed by atoms with Crippen molar-refractivity contribution in [3.05, 3.63) is 81.5 Å². The summed E-state index contributed by atoms with van der Waals surface area (Å²) in [5.41, 5.74) is 3.53. The summed E-state index contributed by atoms with van der Waals surface area (Å²) < 4.78 is 10.7. The van der Waals surface area contributed by atoms with E-state index in [0.717, 1.165) is 17.1 Å². The van der Waals surface area contributed by atoms with E-state index in [0.29, 0.717) is 19.0 Å². The first-order valence-electron chi connectivity index (χ1n) is 10.2. The molecule has 6 heteroatoms. The number of rotatable bonds is 8. The topological polar surface area (TPSA) is 64.2 Å². The van der Waals surface area contributed by atoms with E-state index < -0.39 is 0 Å². The van der Waals surface area contributed by atoms with Crippen molar-refractivity contribution in [1.82, 2.24) is 5.32 Å². The van der Waals surface area contributed by atoms with Gasteiger partial charge in [-0.05, 0) is 40.6 Å². The molecule has 156 valence electrons. The van der Waals surface area contributed by atoms with Crippen molar-refractivity contribution in [2.24, 2.45) is 0 Å². The Morgan fingerprint density at radius 1 is 1.07 bits per heavy atom. The molecule has 4 rings (SSSR count). The third-order valence-corrected chi connectivity index (χ3v) is 6.23. The summed E-state index contributed by atoms with van der Waals surface area (Å²) in [6.45, 7) is 5.47. The lowest BCUT2D eigenvalue weighted by Crippen LogP contribution is -2.87. The molecule has 30 heavy (non-hydrogen) atoms. The van der Waals surface area contributed by atoms with Crippen LogP contribution in [-0.2, 0) is 11.3 Å². The monoisotopic (exact) mass is 423 g/mol. The SMILES string of the molecule is CC(C)c1ccc([C@@H]([NH2+]CC(=O)NCc2ccc3c(c2)OCO3)c2cccs2)cc1. The number of nitrogens with one attached hydrogen (secondary N) is 1. The molecule has 1 aromatic heterocycles. The van der Waals surface area contributed by atoms with Gasteiger partial charge in [0, 0.05) is 12.1 Å². The Morgan fingerprint density at radius 3 is 2.57 bits per heavy atom. The van der Waals surface area contributed by atoms with Crippen LogP contribution in [0.1, 0.15) is 47.4 Å². The fourth-order valence-electron chi connectivity index (χ4n) is 3.52. The van der Waals surface area contributed by atoms with E-state index in [-0.39, 0.29) is 18.7 Å². The molecule has 0 saturated heterocycles. The largest absolute Gasteiger partial charge is 0.454 e. The van der Waals surface area contributed by atoms with Gasteiger partial charge in [0.05, 0.1) is 4.88 Å². The van der Waals surface area contributed by atoms with E-state index in [1.807, 2.05) is 18.2 Å². The maximum atomic E-state index is 12.5. The average molecular weight is 424 g/mol. The fourth-order valence-corrected chi connectivity index (χ4v) is 4.37. The Hall–Kier alpha value is -2.83. The smallest absolute Gasteiger partial charge is 0.275 e. The van der Waals surface area contributed by atoms with E-state index >= 15 is 0 Å². The quantitative estimate of drug-likeness (QED) is 0.582. The third kappa shape index (κ3) is 4.83. The second kappa shape index (κ2) is 9.32. The van der Waals surface area contributed by atoms with Crippen LogP contribution in [0.15, 0.2) is 60.0 Å². The zero-order chi connectivity index (χ0) is 20.9. The van der Waals surface area contributed by atoms with Crippen LogP contribution < -0.4 is 20.1 Å². The van der Waals surface area contributed by atoms with Crippen LogP contribution >= 0.6 is 11.3 Å². The second-order valence-electron chi connectivity index (χ2n) is 7.72. The third-order valence-electron chi connectivity index (χ3n) is 5.28. The van der Waals surface area contributed by atoms with Crippen LogP contribution in [0.2, 0.25) is 0 Å². The zero-order valence-corrected chi connectivity index (χ0v) is 18.1. The van der Waals surface area contributed by atoms with Crippen molar-refractivity contribution in [3.63, 3.8) is 0 Å². The van der Waals surface area contributed by atoms with Crippen LogP contribution in [0.5, 0.6) is 11.5 Å². The average Bonchev–Trinajstić information content (AvgIpc) is 3.44. The lowest BCUT2D eigenvalue weighted by molar-refractivity contribution is -0.676. The van der Waals surface area contributed by atoms with Gasteiger partial charge in [-0.1, -0.05) is 50.2 Å². The number of fused-ring (bicyclic) bond motifs is 1. The van der Waals surface area contributed by atoms with Gasteiger partial charge < -0.3 is 20.1 Å². The van der Waals surface area contributed by atoms with Crippen molar-refractivity contribution < 1.29 is 19.6 Å². The van der Waals surface area contributed by atoms with Crippen LogP contribution in [0, 0.1) is 0 Å². The van der Waals surface area contributed by atoms with Gasteiger partial charge in [-0.15, -0.1) is 11.3 Å². The molecule has 1 aliphatic heterocycles. The summed E-state index contributed by atoms with van der Waals surface area (Å²) in [5, 5.41) is 7.19. The van der Waals surface area contributed by atoms with Gasteiger partial charge in [-0.3, -0.25) is 4.79 Å². The maximum Gasteiger partial charge on any atom is 0.275 e. The summed E-state index contributed by atoms with van der Waals surface area (Å²) in [5.74, 6) is 2.00. The van der Waals surface area contributed by atoms with Crippen LogP contribution in [0.4, 0.5) is 0 Å². The fraction of sp³-hybridized carbons (Fsp3) is 0.292. The predicted molar refractivity (Wildman–Crippen MR) is 118 cm³/mol. The number of amides is 1. The summed E-state index contributed by atoms with van der Waals surface area (Å²) in [6, 6.07) is 18.8. The zero-order valence-electron chi connectivity index (χ0n) is 17.3. The Kier molecular flexibility index (Phi) is 6.35. The van der Waals surface area contributed by atoms with Gasteiger partial charge in [-0.25, -0.2) is 0 Å². The molecule has 0 spiro atoms. The molecular formula is C24H27N2O3S+. The number of quaternary nitrogens is 1. The number of nitrogens with two attached hydrogens (primary N) is 1. The van der Waals surface area contributed by atoms with Gasteiger partial charge in [0.2, 0.25) is 6.79 Å². The highest BCUT2D eigenvalue weighted by Gasteiger charge is 2.20. The molecule has 0 unspecified atom stereocenters. The summed E-state index contributed by atoms with van der Waals surface area (Å²) in [6.07, 6.45) is 0. The van der Waals surface area contributed by atoms with Crippen molar-refractivity contribution in [1.29, 1.82) is 0 Å². The van der Waals surface area contributed by atoms with E-state index in [2.05, 4.69) is 66.3 Å². The minimum absolute atomic E-state index is 0.00743. The van der Waals surface area contributed by atoms with Gasteiger partial charge in [0.25, 0.3) is 5.91 Å². The first-order valence-corrected chi connectivity index (χ1v) is 11.1. The number of carbonyl (C=O) groups excluding carboxylic acids is 1. The number of thiophene rings is 1. The van der Waals surface area contributed by atoms with Gasteiger partial charge >= 0.3 is 0 Å². The second-order valence-corrected chi connectivity index (χ2v) is 8.70. The maximum absolute atomic E-state index is 12.5. The Balaban J connectivity index is 1.37. The van der Waals surface area contributed by atoms with Crippen molar-refractivity contribution in [2.75, 3.05) is 13.3 Å². The number of carbonyl (C=O) groups is 1. The van der Waals surface area contributed by atoms with Crippen molar-refractivity contribution in [3.8, 4) is 11.5 Å². The van der Waals surface area contributed by atoms with E-state index in [1.165, 1.54) is 16.0 Å². The molecule has 1 atom stereocenters. The standard InChI is InChI=1S/C24H26N2O3S/c1-16(2)18-6-8-19(9-7-18)24(22-4-3-11-30-22)26-14-23(27)25-13-17-5-10-20-21(12-17)29-15-28-20/h3-12,16,24,26H,13-15H2,1-2H3,(H,25,27)/p+1/t24-/m1/s1. The molecule has 3 N–H and O–H groups in total. The molecule has 1 aliphatic rings.